The summed E-state index contributed by atoms with van der Waals surface area (Å²) in [7, 11) is 0. The highest BCUT2D eigenvalue weighted by atomic mass is 79.9. The molecule has 2 amide bonds. The quantitative estimate of drug-likeness (QED) is 0.437. The number of halogens is 2. The van der Waals surface area contributed by atoms with Crippen LogP contribution >= 0.6 is 31.9 Å². The van der Waals surface area contributed by atoms with Gasteiger partial charge in [-0.05, 0) is 46.3 Å². The summed E-state index contributed by atoms with van der Waals surface area (Å²) in [6.07, 6.45) is 6.32. The molecule has 7 heteroatoms. The lowest BCUT2D eigenvalue weighted by Gasteiger charge is -2.13. The number of allylic oxidation sites excluding steroid dienone is 2. The summed E-state index contributed by atoms with van der Waals surface area (Å²) in [4.78, 5) is 25.0. The number of rotatable bonds is 2. The van der Waals surface area contributed by atoms with Crippen molar-refractivity contribution in [3.05, 3.63) is 38.8 Å². The second kappa shape index (κ2) is 5.27. The first kappa shape index (κ1) is 15.1. The lowest BCUT2D eigenvalue weighted by Crippen LogP contribution is -2.28. The molecule has 5 nitrogen and oxygen atoms in total. The van der Waals surface area contributed by atoms with E-state index in [0.717, 1.165) is 15.9 Å². The van der Waals surface area contributed by atoms with Crippen LogP contribution in [0.5, 0.6) is 5.75 Å². The molecular formula is C16H12Br2N2O3. The molecule has 2 fully saturated rings. The van der Waals surface area contributed by atoms with Gasteiger partial charge in [-0.15, -0.1) is 0 Å². The Hall–Kier alpha value is -1.47. The standard InChI is InChI=1S/C16H12Br2N2O3/c17-10-4-9(14(21)11(18)5-10)6-19-20-15(22)12-7-1-2-8(3-7)13(12)16(20)23/h1-2,4-8,12-13,21H,3H2/b19-6-/t7-,8-,12+,13+/m0/s1. The van der Waals surface area contributed by atoms with E-state index in [-0.39, 0.29) is 41.2 Å². The molecular weight excluding hydrogens is 428 g/mol. The summed E-state index contributed by atoms with van der Waals surface area (Å²) in [5, 5.41) is 15.1. The highest BCUT2D eigenvalue weighted by molar-refractivity contribution is 9.11. The van der Waals surface area contributed by atoms with Crippen LogP contribution in [-0.4, -0.2) is 28.1 Å². The molecule has 1 aromatic rings. The zero-order valence-corrected chi connectivity index (χ0v) is 15.0. The Morgan fingerprint density at radius 1 is 1.13 bits per heavy atom. The fraction of sp³-hybridized carbons (Fsp3) is 0.312. The first-order valence-corrected chi connectivity index (χ1v) is 8.84. The molecule has 4 rings (SSSR count). The zero-order valence-electron chi connectivity index (χ0n) is 11.8. The molecule has 3 aliphatic rings. The molecule has 1 heterocycles. The average Bonchev–Trinajstić information content (AvgIpc) is 3.17. The highest BCUT2D eigenvalue weighted by Gasteiger charge is 2.59. The van der Waals surface area contributed by atoms with Gasteiger partial charge in [0.05, 0.1) is 22.5 Å². The molecule has 1 N–H and O–H groups in total. The van der Waals surface area contributed by atoms with E-state index in [9.17, 15) is 14.7 Å². The summed E-state index contributed by atoms with van der Waals surface area (Å²) in [5.41, 5.74) is 0.421. The number of carbonyl (C=O) groups is 2. The van der Waals surface area contributed by atoms with E-state index in [1.54, 1.807) is 12.1 Å². The van der Waals surface area contributed by atoms with Gasteiger partial charge in [0, 0.05) is 10.0 Å². The number of imide groups is 1. The fourth-order valence-corrected chi connectivity index (χ4v) is 5.06. The summed E-state index contributed by atoms with van der Waals surface area (Å²) in [6.45, 7) is 0. The van der Waals surface area contributed by atoms with Crippen molar-refractivity contribution in [1.82, 2.24) is 5.01 Å². The monoisotopic (exact) mass is 438 g/mol. The van der Waals surface area contributed by atoms with Crippen molar-refractivity contribution < 1.29 is 14.7 Å². The van der Waals surface area contributed by atoms with Crippen molar-refractivity contribution in [1.29, 1.82) is 0 Å². The number of hydrogen-bond acceptors (Lipinski definition) is 4. The lowest BCUT2D eigenvalue weighted by molar-refractivity contribution is -0.140. The third kappa shape index (κ3) is 2.21. The SMILES string of the molecule is O=C1[C@H]2[C@H](C(=O)N1/N=C\c1cc(Br)cc(Br)c1O)[C@H]1C=C[C@H]2C1. The third-order valence-corrected chi connectivity index (χ3v) is 5.88. The number of nitrogens with zero attached hydrogens (tertiary/aromatic N) is 2. The van der Waals surface area contributed by atoms with Crippen LogP contribution in [0.2, 0.25) is 0 Å². The topological polar surface area (TPSA) is 70.0 Å². The van der Waals surface area contributed by atoms with E-state index in [1.807, 2.05) is 12.2 Å². The minimum absolute atomic E-state index is 0.0120. The van der Waals surface area contributed by atoms with Crippen LogP contribution in [-0.2, 0) is 9.59 Å². The number of amides is 2. The number of hydrogen-bond donors (Lipinski definition) is 1. The second-order valence-electron chi connectivity index (χ2n) is 6.06. The fourth-order valence-electron chi connectivity index (χ4n) is 3.80. The van der Waals surface area contributed by atoms with E-state index in [2.05, 4.69) is 37.0 Å². The van der Waals surface area contributed by atoms with Crippen molar-refractivity contribution in [2.45, 2.75) is 6.42 Å². The van der Waals surface area contributed by atoms with Crippen molar-refractivity contribution in [2.24, 2.45) is 28.8 Å². The molecule has 118 valence electrons. The Kier molecular flexibility index (Phi) is 3.46. The predicted octanol–water partition coefficient (Wildman–Crippen LogP) is 3.06. The summed E-state index contributed by atoms with van der Waals surface area (Å²) < 4.78 is 1.26. The maximum absolute atomic E-state index is 12.5. The minimum atomic E-state index is -0.266. The Balaban J connectivity index is 1.63. The number of phenolic OH excluding ortho intramolecular Hbond substituents is 1. The van der Waals surface area contributed by atoms with Gasteiger partial charge in [0.2, 0.25) is 0 Å². The van der Waals surface area contributed by atoms with Gasteiger partial charge in [-0.2, -0.15) is 10.1 Å². The Morgan fingerprint density at radius 2 is 1.74 bits per heavy atom. The second-order valence-corrected chi connectivity index (χ2v) is 7.83. The molecule has 1 aromatic carbocycles. The predicted molar refractivity (Wildman–Crippen MR) is 90.7 cm³/mol. The van der Waals surface area contributed by atoms with E-state index in [0.29, 0.717) is 10.0 Å². The van der Waals surface area contributed by atoms with E-state index in [1.165, 1.54) is 6.21 Å². The van der Waals surface area contributed by atoms with Crippen LogP contribution in [0.15, 0.2) is 38.3 Å². The number of phenols is 1. The molecule has 0 aromatic heterocycles. The van der Waals surface area contributed by atoms with Crippen LogP contribution in [0, 0.1) is 23.7 Å². The van der Waals surface area contributed by atoms with Crippen LogP contribution in [0.4, 0.5) is 0 Å². The Labute approximate surface area is 149 Å². The molecule has 0 unspecified atom stereocenters. The van der Waals surface area contributed by atoms with Gasteiger partial charge in [0.15, 0.2) is 0 Å². The number of carbonyl (C=O) groups excluding carboxylic acids is 2. The molecule has 2 bridgehead atoms. The van der Waals surface area contributed by atoms with Crippen molar-refractivity contribution in [2.75, 3.05) is 0 Å². The summed E-state index contributed by atoms with van der Waals surface area (Å²) in [5.74, 6) is -0.665. The Morgan fingerprint density at radius 3 is 2.35 bits per heavy atom. The number of aromatic hydroxyl groups is 1. The largest absolute Gasteiger partial charge is 0.506 e. The van der Waals surface area contributed by atoms with Crippen LogP contribution in [0.3, 0.4) is 0 Å². The van der Waals surface area contributed by atoms with Gasteiger partial charge in [0.25, 0.3) is 11.8 Å². The van der Waals surface area contributed by atoms with Gasteiger partial charge in [-0.25, -0.2) is 0 Å². The molecule has 0 spiro atoms. The van der Waals surface area contributed by atoms with Crippen molar-refractivity contribution >= 4 is 49.9 Å². The smallest absolute Gasteiger partial charge is 0.254 e. The number of hydrazone groups is 1. The van der Waals surface area contributed by atoms with Gasteiger partial charge in [0.1, 0.15) is 5.75 Å². The molecule has 1 aliphatic heterocycles. The lowest BCUT2D eigenvalue weighted by atomic mass is 9.85. The van der Waals surface area contributed by atoms with E-state index in [4.69, 9.17) is 0 Å². The molecule has 2 aliphatic carbocycles. The van der Waals surface area contributed by atoms with Gasteiger partial charge in [-0.3, -0.25) is 9.59 Å². The Bertz CT molecular complexity index is 760. The van der Waals surface area contributed by atoms with Crippen LogP contribution in [0.1, 0.15) is 12.0 Å². The highest BCUT2D eigenvalue weighted by Crippen LogP contribution is 2.52. The number of benzene rings is 1. The van der Waals surface area contributed by atoms with E-state index >= 15 is 0 Å². The molecule has 23 heavy (non-hydrogen) atoms. The third-order valence-electron chi connectivity index (χ3n) is 4.82. The van der Waals surface area contributed by atoms with E-state index < -0.39 is 0 Å². The van der Waals surface area contributed by atoms with Crippen LogP contribution < -0.4 is 0 Å². The minimum Gasteiger partial charge on any atom is -0.506 e. The molecule has 1 saturated heterocycles. The maximum Gasteiger partial charge on any atom is 0.254 e. The first-order valence-electron chi connectivity index (χ1n) is 7.25. The normalized spacial score (nSPS) is 31.7. The zero-order chi connectivity index (χ0) is 16.3. The maximum atomic E-state index is 12.5. The van der Waals surface area contributed by atoms with Gasteiger partial charge in [-0.1, -0.05) is 28.1 Å². The van der Waals surface area contributed by atoms with Crippen LogP contribution in [0.25, 0.3) is 0 Å². The first-order chi connectivity index (χ1) is 11.0. The van der Waals surface area contributed by atoms with Crippen molar-refractivity contribution in [3.63, 3.8) is 0 Å². The molecule has 4 atom stereocenters. The van der Waals surface area contributed by atoms with Gasteiger partial charge >= 0.3 is 0 Å². The summed E-state index contributed by atoms with van der Waals surface area (Å²) in [6, 6.07) is 3.37. The average molecular weight is 440 g/mol. The molecule has 1 saturated carbocycles. The number of fused-ring (bicyclic) bond motifs is 5. The summed E-state index contributed by atoms with van der Waals surface area (Å²) >= 11 is 6.57. The molecule has 0 radical (unpaired) electrons. The van der Waals surface area contributed by atoms with Crippen molar-refractivity contribution in [3.8, 4) is 5.75 Å². The van der Waals surface area contributed by atoms with Gasteiger partial charge < -0.3 is 5.11 Å².